The topological polar surface area (TPSA) is 84.2 Å². The van der Waals surface area contributed by atoms with Crippen molar-refractivity contribution in [3.8, 4) is 0 Å². The molecule has 1 aromatic rings. The van der Waals surface area contributed by atoms with Gasteiger partial charge in [0.2, 0.25) is 5.91 Å². The molecule has 0 saturated heterocycles. The quantitative estimate of drug-likeness (QED) is 0.537. The molecule has 1 aromatic carbocycles. The van der Waals surface area contributed by atoms with E-state index in [-0.39, 0.29) is 17.2 Å². The van der Waals surface area contributed by atoms with Gasteiger partial charge < -0.3 is 16.4 Å². The number of amides is 1. The minimum atomic E-state index is -0.507. The van der Waals surface area contributed by atoms with Crippen LogP contribution in [0.4, 0.5) is 0 Å². The predicted octanol–water partition coefficient (Wildman–Crippen LogP) is 3.21. The monoisotopic (exact) mass is 389 g/mol. The van der Waals surface area contributed by atoms with Crippen LogP contribution in [0.1, 0.15) is 66.4 Å². The second-order valence-electron chi connectivity index (χ2n) is 9.60. The zero-order chi connectivity index (χ0) is 21.4. The molecular weight excluding hydrogens is 350 g/mol. The lowest BCUT2D eigenvalue weighted by atomic mass is 9.84. The Morgan fingerprint density at radius 1 is 0.964 bits per heavy atom. The summed E-state index contributed by atoms with van der Waals surface area (Å²) in [5.74, 6) is -0.0683. The Labute approximate surface area is 170 Å². The molecule has 0 fully saturated rings. The van der Waals surface area contributed by atoms with Crippen LogP contribution in [0.5, 0.6) is 0 Å². The molecule has 5 nitrogen and oxygen atoms in total. The van der Waals surface area contributed by atoms with Crippen LogP contribution in [-0.2, 0) is 16.0 Å². The second kappa shape index (κ2) is 10.7. The Morgan fingerprint density at radius 2 is 1.57 bits per heavy atom. The fraction of sp³-hybridized carbons (Fsp3) is 0.652. The molecule has 28 heavy (non-hydrogen) atoms. The molecule has 158 valence electrons. The van der Waals surface area contributed by atoms with E-state index < -0.39 is 17.5 Å². The van der Waals surface area contributed by atoms with Gasteiger partial charge in [0.1, 0.15) is 0 Å². The number of nitrogens with two attached hydrogens (primary N) is 1. The molecule has 0 bridgehead atoms. The molecule has 0 unspecified atom stereocenters. The van der Waals surface area contributed by atoms with Gasteiger partial charge in [-0.15, -0.1) is 0 Å². The number of benzene rings is 1. The lowest BCUT2D eigenvalue weighted by Gasteiger charge is -2.31. The lowest BCUT2D eigenvalue weighted by Crippen LogP contribution is -2.56. The summed E-state index contributed by atoms with van der Waals surface area (Å²) in [6.45, 7) is 12.4. The highest BCUT2D eigenvalue weighted by Gasteiger charge is 2.33. The van der Waals surface area contributed by atoms with Crippen molar-refractivity contribution in [3.05, 3.63) is 35.9 Å². The standard InChI is InChI=1S/C23H39N3O2/c1-22(2,3)20(27)18(14-10-11-15-24)25-21(28)19(26-23(4,5)6)16-17-12-8-7-9-13-17/h7-9,12-13,18-19,26H,10-11,14-16,24H2,1-6H3,(H,25,28)/t18-,19-/m0/s1. The van der Waals surface area contributed by atoms with Crippen LogP contribution in [0.15, 0.2) is 30.3 Å². The van der Waals surface area contributed by atoms with Crippen molar-refractivity contribution in [1.82, 2.24) is 10.6 Å². The fourth-order valence-electron chi connectivity index (χ4n) is 3.14. The number of hydrogen-bond donors (Lipinski definition) is 3. The van der Waals surface area contributed by atoms with Gasteiger partial charge in [0, 0.05) is 11.0 Å². The number of carbonyl (C=O) groups excluding carboxylic acids is 2. The SMILES string of the molecule is CC(C)(C)N[C@@H](Cc1ccccc1)C(=O)N[C@@H](CCCCN)C(=O)C(C)(C)C. The van der Waals surface area contributed by atoms with Crippen molar-refractivity contribution >= 4 is 11.7 Å². The Kier molecular flexibility index (Phi) is 9.31. The van der Waals surface area contributed by atoms with Crippen molar-refractivity contribution < 1.29 is 9.59 Å². The minimum absolute atomic E-state index is 0.0621. The number of Topliss-reactive ketones (excluding diaryl/α,β-unsaturated/α-hetero) is 1. The molecule has 0 aromatic heterocycles. The van der Waals surface area contributed by atoms with Gasteiger partial charge in [0.25, 0.3) is 0 Å². The summed E-state index contributed by atoms with van der Waals surface area (Å²) in [5, 5.41) is 6.44. The van der Waals surface area contributed by atoms with Crippen molar-refractivity contribution in [3.63, 3.8) is 0 Å². The maximum Gasteiger partial charge on any atom is 0.238 e. The van der Waals surface area contributed by atoms with Gasteiger partial charge >= 0.3 is 0 Å². The average Bonchev–Trinajstić information content (AvgIpc) is 2.58. The largest absolute Gasteiger partial charge is 0.345 e. The van der Waals surface area contributed by atoms with Gasteiger partial charge in [-0.25, -0.2) is 0 Å². The first-order chi connectivity index (χ1) is 12.9. The second-order valence-corrected chi connectivity index (χ2v) is 9.60. The first-order valence-corrected chi connectivity index (χ1v) is 10.3. The van der Waals surface area contributed by atoms with Crippen molar-refractivity contribution in [2.45, 2.75) is 84.8 Å². The molecule has 1 amide bonds. The number of ketones is 1. The van der Waals surface area contributed by atoms with Gasteiger partial charge in [0.05, 0.1) is 12.1 Å². The molecule has 0 aliphatic carbocycles. The summed E-state index contributed by atoms with van der Waals surface area (Å²) >= 11 is 0. The molecule has 5 heteroatoms. The number of rotatable bonds is 10. The van der Waals surface area contributed by atoms with E-state index in [1.165, 1.54) is 0 Å². The van der Waals surface area contributed by atoms with Crippen LogP contribution in [-0.4, -0.2) is 35.9 Å². The predicted molar refractivity (Wildman–Crippen MR) is 116 cm³/mol. The Bertz CT molecular complexity index is 615. The van der Waals surface area contributed by atoms with E-state index in [1.54, 1.807) is 0 Å². The van der Waals surface area contributed by atoms with Crippen LogP contribution >= 0.6 is 0 Å². The molecule has 0 saturated carbocycles. The van der Waals surface area contributed by atoms with E-state index in [4.69, 9.17) is 5.73 Å². The van der Waals surface area contributed by atoms with Crippen LogP contribution < -0.4 is 16.4 Å². The lowest BCUT2D eigenvalue weighted by molar-refractivity contribution is -0.133. The zero-order valence-corrected chi connectivity index (χ0v) is 18.5. The fourth-order valence-corrected chi connectivity index (χ4v) is 3.14. The van der Waals surface area contributed by atoms with Gasteiger partial charge in [-0.05, 0) is 58.6 Å². The normalized spacial score (nSPS) is 14.4. The molecular formula is C23H39N3O2. The summed E-state index contributed by atoms with van der Waals surface area (Å²) in [7, 11) is 0. The van der Waals surface area contributed by atoms with E-state index in [0.29, 0.717) is 19.4 Å². The van der Waals surface area contributed by atoms with Crippen molar-refractivity contribution in [1.29, 1.82) is 0 Å². The third-order valence-electron chi connectivity index (χ3n) is 4.53. The third kappa shape index (κ3) is 8.98. The van der Waals surface area contributed by atoms with Gasteiger partial charge in [-0.1, -0.05) is 51.1 Å². The number of nitrogens with one attached hydrogen (secondary N) is 2. The first-order valence-electron chi connectivity index (χ1n) is 10.3. The third-order valence-corrected chi connectivity index (χ3v) is 4.53. The molecule has 0 heterocycles. The zero-order valence-electron chi connectivity index (χ0n) is 18.5. The summed E-state index contributed by atoms with van der Waals surface area (Å²) in [4.78, 5) is 26.0. The van der Waals surface area contributed by atoms with Gasteiger partial charge in [0.15, 0.2) is 5.78 Å². The molecule has 1 rings (SSSR count). The van der Waals surface area contributed by atoms with E-state index in [2.05, 4.69) is 10.6 Å². The highest BCUT2D eigenvalue weighted by atomic mass is 16.2. The highest BCUT2D eigenvalue weighted by molar-refractivity contribution is 5.93. The first kappa shape index (κ1) is 24.3. The number of hydrogen-bond acceptors (Lipinski definition) is 4. The molecule has 0 radical (unpaired) electrons. The molecule has 0 spiro atoms. The van der Waals surface area contributed by atoms with Crippen LogP contribution in [0, 0.1) is 5.41 Å². The van der Waals surface area contributed by atoms with Crippen molar-refractivity contribution in [2.75, 3.05) is 6.54 Å². The van der Waals surface area contributed by atoms with E-state index in [0.717, 1.165) is 18.4 Å². The van der Waals surface area contributed by atoms with E-state index in [1.807, 2.05) is 71.9 Å². The summed E-state index contributed by atoms with van der Waals surface area (Å²) in [5.41, 5.74) is 5.95. The van der Waals surface area contributed by atoms with Crippen LogP contribution in [0.3, 0.4) is 0 Å². The molecule has 4 N–H and O–H groups in total. The van der Waals surface area contributed by atoms with Gasteiger partial charge in [-0.2, -0.15) is 0 Å². The van der Waals surface area contributed by atoms with Crippen LogP contribution in [0.25, 0.3) is 0 Å². The smallest absolute Gasteiger partial charge is 0.238 e. The summed E-state index contributed by atoms with van der Waals surface area (Å²) in [6.07, 6.45) is 2.85. The number of unbranched alkanes of at least 4 members (excludes halogenated alkanes) is 1. The van der Waals surface area contributed by atoms with E-state index in [9.17, 15) is 9.59 Å². The van der Waals surface area contributed by atoms with Crippen molar-refractivity contribution in [2.24, 2.45) is 11.1 Å². The Hall–Kier alpha value is -1.72. The maximum absolute atomic E-state index is 13.1. The van der Waals surface area contributed by atoms with E-state index >= 15 is 0 Å². The average molecular weight is 390 g/mol. The number of carbonyl (C=O) groups is 2. The summed E-state index contributed by atoms with van der Waals surface area (Å²) in [6, 6.07) is 9.05. The Balaban J connectivity index is 2.97. The maximum atomic E-state index is 13.1. The van der Waals surface area contributed by atoms with Gasteiger partial charge in [-0.3, -0.25) is 9.59 Å². The Morgan fingerprint density at radius 3 is 2.07 bits per heavy atom. The van der Waals surface area contributed by atoms with Crippen LogP contribution in [0.2, 0.25) is 0 Å². The highest BCUT2D eigenvalue weighted by Crippen LogP contribution is 2.20. The molecule has 0 aliphatic heterocycles. The minimum Gasteiger partial charge on any atom is -0.345 e. The molecule has 2 atom stereocenters. The molecule has 0 aliphatic rings. The summed E-state index contributed by atoms with van der Waals surface area (Å²) < 4.78 is 0.